The van der Waals surface area contributed by atoms with Gasteiger partial charge in [0.15, 0.2) is 5.75 Å². The second-order valence-corrected chi connectivity index (χ2v) is 5.53. The third-order valence-electron chi connectivity index (χ3n) is 3.80. The summed E-state index contributed by atoms with van der Waals surface area (Å²) in [5.74, 6) is -0.564. The van der Waals surface area contributed by atoms with E-state index in [0.717, 1.165) is 12.1 Å². The number of pyridine rings is 1. The zero-order valence-corrected chi connectivity index (χ0v) is 14.0. The van der Waals surface area contributed by atoms with E-state index in [0.29, 0.717) is 11.1 Å². The Bertz CT molecular complexity index is 964. The van der Waals surface area contributed by atoms with Gasteiger partial charge in [0.1, 0.15) is 11.3 Å². The molecule has 0 fully saturated rings. The minimum Gasteiger partial charge on any atom is -0.462 e. The minimum atomic E-state index is -4.49. The second-order valence-electron chi connectivity index (χ2n) is 5.53. The van der Waals surface area contributed by atoms with Crippen LogP contribution in [0.3, 0.4) is 0 Å². The van der Waals surface area contributed by atoms with Gasteiger partial charge in [-0.25, -0.2) is 9.78 Å². The van der Waals surface area contributed by atoms with E-state index >= 15 is 0 Å². The smallest absolute Gasteiger partial charge is 0.416 e. The highest BCUT2D eigenvalue weighted by Crippen LogP contribution is 2.35. The van der Waals surface area contributed by atoms with Crippen molar-refractivity contribution in [1.82, 2.24) is 9.38 Å². The summed E-state index contributed by atoms with van der Waals surface area (Å²) in [4.78, 5) is 16.4. The van der Waals surface area contributed by atoms with Crippen LogP contribution in [0.1, 0.15) is 28.4 Å². The highest BCUT2D eigenvalue weighted by atomic mass is 19.4. The topological polar surface area (TPSA) is 52.8 Å². The van der Waals surface area contributed by atoms with E-state index in [4.69, 9.17) is 9.47 Å². The molecule has 3 rings (SSSR count). The number of ether oxygens (including phenoxy) is 2. The number of esters is 1. The largest absolute Gasteiger partial charge is 0.462 e. The first-order chi connectivity index (χ1) is 12.3. The lowest BCUT2D eigenvalue weighted by Crippen LogP contribution is -2.10. The second kappa shape index (κ2) is 6.70. The van der Waals surface area contributed by atoms with Crippen molar-refractivity contribution in [3.63, 3.8) is 0 Å². The fraction of sp³-hybridized carbons (Fsp3) is 0.222. The number of nitrogens with zero attached hydrogens (tertiary/aromatic N) is 2. The maximum Gasteiger partial charge on any atom is 0.416 e. The number of halogens is 3. The summed E-state index contributed by atoms with van der Waals surface area (Å²) in [7, 11) is 0. The van der Waals surface area contributed by atoms with Crippen LogP contribution in [-0.4, -0.2) is 22.0 Å². The van der Waals surface area contributed by atoms with E-state index in [1.165, 1.54) is 24.7 Å². The number of imidazole rings is 1. The molecule has 0 aliphatic rings. The number of alkyl halides is 3. The van der Waals surface area contributed by atoms with Crippen LogP contribution in [0.2, 0.25) is 0 Å². The Morgan fingerprint density at radius 3 is 2.77 bits per heavy atom. The molecule has 0 aliphatic carbocycles. The standard InChI is InChI=1S/C18H15F3N2O3/c1-3-25-17(24)16-11(2)14-8-22-10-23(14)9-15(16)26-13-6-4-5-12(7-13)18(19,20)21/h4-10H,3H2,1-2H3. The normalized spacial score (nSPS) is 11.6. The highest BCUT2D eigenvalue weighted by molar-refractivity contribution is 5.96. The van der Waals surface area contributed by atoms with Gasteiger partial charge >= 0.3 is 12.1 Å². The lowest BCUT2D eigenvalue weighted by atomic mass is 10.1. The lowest BCUT2D eigenvalue weighted by molar-refractivity contribution is -0.137. The molecule has 136 valence electrons. The van der Waals surface area contributed by atoms with Gasteiger partial charge in [0.25, 0.3) is 0 Å². The van der Waals surface area contributed by atoms with Crippen LogP contribution >= 0.6 is 0 Å². The van der Waals surface area contributed by atoms with Gasteiger partial charge in [-0.2, -0.15) is 13.2 Å². The zero-order valence-electron chi connectivity index (χ0n) is 14.0. The summed E-state index contributed by atoms with van der Waals surface area (Å²) < 4.78 is 51.0. The number of rotatable bonds is 4. The predicted molar refractivity (Wildman–Crippen MR) is 87.4 cm³/mol. The molecule has 0 spiro atoms. The van der Waals surface area contributed by atoms with Gasteiger partial charge in [0.05, 0.1) is 36.4 Å². The first-order valence-corrected chi connectivity index (χ1v) is 7.78. The molecule has 26 heavy (non-hydrogen) atoms. The average molecular weight is 364 g/mol. The average Bonchev–Trinajstić information content (AvgIpc) is 3.03. The summed E-state index contributed by atoms with van der Waals surface area (Å²) in [6, 6.07) is 4.45. The van der Waals surface area contributed by atoms with Crippen molar-refractivity contribution < 1.29 is 27.4 Å². The molecule has 8 heteroatoms. The van der Waals surface area contributed by atoms with Crippen LogP contribution in [0, 0.1) is 6.92 Å². The summed E-state index contributed by atoms with van der Waals surface area (Å²) in [6.45, 7) is 3.52. The van der Waals surface area contributed by atoms with Gasteiger partial charge in [-0.15, -0.1) is 0 Å². The SMILES string of the molecule is CCOC(=O)c1c(Oc2cccc(C(F)(F)F)c2)cn2cncc2c1C. The summed E-state index contributed by atoms with van der Waals surface area (Å²) in [5.41, 5.74) is 0.542. The maximum absolute atomic E-state index is 12.9. The Kier molecular flexibility index (Phi) is 4.58. The number of fused-ring (bicyclic) bond motifs is 1. The van der Waals surface area contributed by atoms with Crippen LogP contribution in [0.15, 0.2) is 43.0 Å². The number of aromatic nitrogens is 2. The Labute approximate surface area is 147 Å². The van der Waals surface area contributed by atoms with Crippen molar-refractivity contribution in [2.75, 3.05) is 6.61 Å². The van der Waals surface area contributed by atoms with Crippen molar-refractivity contribution in [3.05, 3.63) is 59.7 Å². The predicted octanol–water partition coefficient (Wildman–Crippen LogP) is 4.63. The van der Waals surface area contributed by atoms with E-state index in [1.807, 2.05) is 0 Å². The molecule has 0 atom stereocenters. The lowest BCUT2D eigenvalue weighted by Gasteiger charge is -2.15. The Morgan fingerprint density at radius 2 is 2.08 bits per heavy atom. The molecule has 0 saturated heterocycles. The van der Waals surface area contributed by atoms with Crippen molar-refractivity contribution in [2.24, 2.45) is 0 Å². The maximum atomic E-state index is 12.9. The number of carbonyl (C=O) groups excluding carboxylic acids is 1. The van der Waals surface area contributed by atoms with E-state index in [9.17, 15) is 18.0 Å². The molecule has 0 aliphatic heterocycles. The summed E-state index contributed by atoms with van der Waals surface area (Å²) in [5, 5.41) is 0. The highest BCUT2D eigenvalue weighted by Gasteiger charge is 2.31. The Balaban J connectivity index is 2.09. The van der Waals surface area contributed by atoms with Gasteiger partial charge in [0, 0.05) is 0 Å². The van der Waals surface area contributed by atoms with Gasteiger partial charge in [-0.3, -0.25) is 0 Å². The number of hydrogen-bond donors (Lipinski definition) is 0. The summed E-state index contributed by atoms with van der Waals surface area (Å²) >= 11 is 0. The van der Waals surface area contributed by atoms with Crippen LogP contribution in [0.5, 0.6) is 11.5 Å². The van der Waals surface area contributed by atoms with E-state index in [-0.39, 0.29) is 23.7 Å². The van der Waals surface area contributed by atoms with Gasteiger partial charge < -0.3 is 13.9 Å². The van der Waals surface area contributed by atoms with Gasteiger partial charge in [0.2, 0.25) is 0 Å². The number of aryl methyl sites for hydroxylation is 1. The molecule has 0 saturated carbocycles. The molecule has 2 aromatic heterocycles. The molecular weight excluding hydrogens is 349 g/mol. The first kappa shape index (κ1) is 17.8. The van der Waals surface area contributed by atoms with E-state index in [1.54, 1.807) is 24.4 Å². The molecule has 0 N–H and O–H groups in total. The van der Waals surface area contributed by atoms with E-state index in [2.05, 4.69) is 4.98 Å². The fourth-order valence-corrected chi connectivity index (χ4v) is 2.60. The minimum absolute atomic E-state index is 0.0377. The number of hydrogen-bond acceptors (Lipinski definition) is 4. The first-order valence-electron chi connectivity index (χ1n) is 7.78. The van der Waals surface area contributed by atoms with Crippen molar-refractivity contribution in [3.8, 4) is 11.5 Å². The van der Waals surface area contributed by atoms with Crippen molar-refractivity contribution >= 4 is 11.5 Å². The number of carbonyl (C=O) groups is 1. The molecule has 1 aromatic carbocycles. The van der Waals surface area contributed by atoms with Crippen LogP contribution in [-0.2, 0) is 10.9 Å². The van der Waals surface area contributed by atoms with Gasteiger partial charge in [-0.1, -0.05) is 6.07 Å². The quantitative estimate of drug-likeness (QED) is 0.634. The molecule has 5 nitrogen and oxygen atoms in total. The Hall–Kier alpha value is -3.03. The third kappa shape index (κ3) is 3.35. The zero-order chi connectivity index (χ0) is 18.9. The van der Waals surface area contributed by atoms with Crippen LogP contribution in [0.4, 0.5) is 13.2 Å². The molecule has 0 bridgehead atoms. The number of benzene rings is 1. The van der Waals surface area contributed by atoms with Crippen molar-refractivity contribution in [1.29, 1.82) is 0 Å². The summed E-state index contributed by atoms with van der Waals surface area (Å²) in [6.07, 6.45) is 0.0811. The monoisotopic (exact) mass is 364 g/mol. The molecule has 0 radical (unpaired) electrons. The Morgan fingerprint density at radius 1 is 1.31 bits per heavy atom. The third-order valence-corrected chi connectivity index (χ3v) is 3.80. The van der Waals surface area contributed by atoms with Gasteiger partial charge in [-0.05, 0) is 37.6 Å². The molecule has 0 amide bonds. The molecule has 2 heterocycles. The van der Waals surface area contributed by atoms with Crippen molar-refractivity contribution in [2.45, 2.75) is 20.0 Å². The fourth-order valence-electron chi connectivity index (χ4n) is 2.60. The van der Waals surface area contributed by atoms with Crippen LogP contribution < -0.4 is 4.74 Å². The van der Waals surface area contributed by atoms with E-state index < -0.39 is 17.7 Å². The van der Waals surface area contributed by atoms with Crippen LogP contribution in [0.25, 0.3) is 5.52 Å². The molecular formula is C18H15F3N2O3. The molecule has 0 unspecified atom stereocenters. The molecule has 3 aromatic rings.